The maximum atomic E-state index is 12.9. The zero-order chi connectivity index (χ0) is 19.4. The molecule has 3 rings (SSSR count). The Morgan fingerprint density at radius 1 is 1.07 bits per heavy atom. The molecule has 1 heterocycles. The Kier molecular flexibility index (Phi) is 5.11. The van der Waals surface area contributed by atoms with Crippen LogP contribution in [-0.2, 0) is 17.8 Å². The highest BCUT2D eigenvalue weighted by Crippen LogP contribution is 2.12. The van der Waals surface area contributed by atoms with Gasteiger partial charge >= 0.3 is 6.09 Å². The first-order valence-electron chi connectivity index (χ1n) is 7.96. The van der Waals surface area contributed by atoms with Crippen LogP contribution >= 0.6 is 0 Å². The predicted octanol–water partition coefficient (Wildman–Crippen LogP) is 1.62. The minimum atomic E-state index is -1.24. The fourth-order valence-electron chi connectivity index (χ4n) is 2.57. The van der Waals surface area contributed by atoms with Crippen molar-refractivity contribution in [1.82, 2.24) is 15.2 Å². The van der Waals surface area contributed by atoms with Gasteiger partial charge in [0.2, 0.25) is 5.91 Å². The normalized spacial score (nSPS) is 10.6. The van der Waals surface area contributed by atoms with Crippen LogP contribution in [-0.4, -0.2) is 27.0 Å². The Morgan fingerprint density at radius 2 is 1.74 bits per heavy atom. The van der Waals surface area contributed by atoms with Gasteiger partial charge in [0.05, 0.1) is 24.0 Å². The van der Waals surface area contributed by atoms with Crippen molar-refractivity contribution in [2.45, 2.75) is 13.0 Å². The van der Waals surface area contributed by atoms with E-state index in [1.165, 1.54) is 24.3 Å². The van der Waals surface area contributed by atoms with Crippen LogP contribution in [0.3, 0.4) is 0 Å². The lowest BCUT2D eigenvalue weighted by Crippen LogP contribution is -2.37. The number of hydrogen-bond acceptors (Lipinski definition) is 4. The molecule has 9 heteroatoms. The van der Waals surface area contributed by atoms with Gasteiger partial charge in [-0.15, -0.1) is 4.79 Å². The number of amides is 2. The first-order valence-corrected chi connectivity index (χ1v) is 7.96. The standard InChI is InChI=1S/C18H15FN4O4/c19-12-7-5-11(6-8-12)9-16(24)22-23-17(25)14-4-2-1-3-13(14)15(21-23)10-20-18(26)27/h1-8,20H,9-10H2,(H,22,24)(H,26,27). The van der Waals surface area contributed by atoms with Gasteiger partial charge in [-0.1, -0.05) is 30.3 Å². The average Bonchev–Trinajstić information content (AvgIpc) is 2.65. The summed E-state index contributed by atoms with van der Waals surface area (Å²) in [5, 5.41) is 15.8. The van der Waals surface area contributed by atoms with Crippen LogP contribution in [0.4, 0.5) is 9.18 Å². The van der Waals surface area contributed by atoms with E-state index in [2.05, 4.69) is 15.8 Å². The largest absolute Gasteiger partial charge is 0.465 e. The summed E-state index contributed by atoms with van der Waals surface area (Å²) in [4.78, 5) is 36.3. The summed E-state index contributed by atoms with van der Waals surface area (Å²) in [6.07, 6.45) is -1.32. The number of carbonyl (C=O) groups excluding carboxylic acids is 1. The zero-order valence-electron chi connectivity index (χ0n) is 14.0. The predicted molar refractivity (Wildman–Crippen MR) is 95.3 cm³/mol. The molecule has 1 aromatic heterocycles. The van der Waals surface area contributed by atoms with Crippen molar-refractivity contribution in [2.24, 2.45) is 0 Å². The van der Waals surface area contributed by atoms with Gasteiger partial charge < -0.3 is 10.4 Å². The van der Waals surface area contributed by atoms with Crippen LogP contribution in [0.1, 0.15) is 11.3 Å². The first kappa shape index (κ1) is 18.1. The number of hydrogen-bond donors (Lipinski definition) is 3. The summed E-state index contributed by atoms with van der Waals surface area (Å²) in [5.74, 6) is -0.939. The first-order chi connectivity index (χ1) is 12.9. The van der Waals surface area contributed by atoms with Crippen LogP contribution in [0.25, 0.3) is 10.8 Å². The molecule has 27 heavy (non-hydrogen) atoms. The van der Waals surface area contributed by atoms with Gasteiger partial charge in [-0.25, -0.2) is 14.6 Å². The number of aromatic nitrogens is 2. The number of nitrogens with one attached hydrogen (secondary N) is 2. The molecule has 0 radical (unpaired) electrons. The van der Waals surface area contributed by atoms with Gasteiger partial charge in [0, 0.05) is 5.39 Å². The molecular weight excluding hydrogens is 355 g/mol. The maximum Gasteiger partial charge on any atom is 0.404 e. The third-order valence-corrected chi connectivity index (χ3v) is 3.80. The molecule has 8 nitrogen and oxygen atoms in total. The van der Waals surface area contributed by atoms with E-state index < -0.39 is 23.4 Å². The fraction of sp³-hybridized carbons (Fsp3) is 0.111. The average molecular weight is 370 g/mol. The number of benzene rings is 2. The maximum absolute atomic E-state index is 12.9. The van der Waals surface area contributed by atoms with Crippen LogP contribution in [0, 0.1) is 5.82 Å². The summed E-state index contributed by atoms with van der Waals surface area (Å²) < 4.78 is 12.9. The summed E-state index contributed by atoms with van der Waals surface area (Å²) in [7, 11) is 0. The molecule has 0 unspecified atom stereocenters. The second-order valence-electron chi connectivity index (χ2n) is 5.71. The molecule has 0 saturated heterocycles. The molecule has 3 N–H and O–H groups in total. The third-order valence-electron chi connectivity index (χ3n) is 3.80. The van der Waals surface area contributed by atoms with E-state index in [-0.39, 0.29) is 24.0 Å². The lowest BCUT2D eigenvalue weighted by atomic mass is 10.1. The topological polar surface area (TPSA) is 113 Å². The summed E-state index contributed by atoms with van der Waals surface area (Å²) >= 11 is 0. The van der Waals surface area contributed by atoms with E-state index in [9.17, 15) is 18.8 Å². The molecule has 0 aliphatic heterocycles. The van der Waals surface area contributed by atoms with Crippen molar-refractivity contribution in [3.63, 3.8) is 0 Å². The SMILES string of the molecule is O=C(O)NCc1nn(NC(=O)Cc2ccc(F)cc2)c(=O)c2ccccc12. The van der Waals surface area contributed by atoms with Gasteiger partial charge in [-0.3, -0.25) is 9.59 Å². The van der Waals surface area contributed by atoms with Crippen LogP contribution < -0.4 is 16.3 Å². The Hall–Kier alpha value is -3.75. The number of carbonyl (C=O) groups is 2. The van der Waals surface area contributed by atoms with Crippen molar-refractivity contribution in [3.8, 4) is 0 Å². The quantitative estimate of drug-likeness (QED) is 0.632. The molecule has 2 amide bonds. The Balaban J connectivity index is 1.89. The molecular formula is C18H15FN4O4. The van der Waals surface area contributed by atoms with Gasteiger partial charge in [0.1, 0.15) is 5.82 Å². The number of nitrogens with zero attached hydrogens (tertiary/aromatic N) is 2. The third kappa shape index (κ3) is 4.27. The minimum Gasteiger partial charge on any atom is -0.465 e. The van der Waals surface area contributed by atoms with Crippen molar-refractivity contribution in [2.75, 3.05) is 5.43 Å². The number of fused-ring (bicyclic) bond motifs is 1. The van der Waals surface area contributed by atoms with E-state index in [1.54, 1.807) is 24.3 Å². The summed E-state index contributed by atoms with van der Waals surface area (Å²) in [6.45, 7) is -0.135. The van der Waals surface area contributed by atoms with Crippen molar-refractivity contribution < 1.29 is 19.1 Å². The molecule has 0 spiro atoms. The molecule has 0 aliphatic carbocycles. The number of rotatable bonds is 5. The van der Waals surface area contributed by atoms with Crippen molar-refractivity contribution in [1.29, 1.82) is 0 Å². The molecule has 0 bridgehead atoms. The summed E-state index contributed by atoms with van der Waals surface area (Å²) in [6, 6.07) is 12.0. The molecule has 0 aliphatic rings. The van der Waals surface area contributed by atoms with Crippen molar-refractivity contribution >= 4 is 22.8 Å². The highest BCUT2D eigenvalue weighted by atomic mass is 19.1. The zero-order valence-corrected chi connectivity index (χ0v) is 14.0. The fourth-order valence-corrected chi connectivity index (χ4v) is 2.57. The van der Waals surface area contributed by atoms with Crippen LogP contribution in [0.15, 0.2) is 53.3 Å². The molecule has 0 saturated carbocycles. The second-order valence-corrected chi connectivity index (χ2v) is 5.71. The number of carboxylic acid groups (broad SMARTS) is 1. The molecule has 3 aromatic rings. The molecule has 0 fully saturated rings. The van der Waals surface area contributed by atoms with E-state index in [1.807, 2.05) is 0 Å². The Morgan fingerprint density at radius 3 is 2.41 bits per heavy atom. The van der Waals surface area contributed by atoms with Crippen molar-refractivity contribution in [3.05, 3.63) is 76.0 Å². The summed E-state index contributed by atoms with van der Waals surface area (Å²) in [5.41, 5.74) is 2.69. The van der Waals surface area contributed by atoms with Crippen LogP contribution in [0.5, 0.6) is 0 Å². The molecule has 138 valence electrons. The van der Waals surface area contributed by atoms with Gasteiger partial charge in [-0.05, 0) is 23.8 Å². The van der Waals surface area contributed by atoms with Gasteiger partial charge in [-0.2, -0.15) is 5.10 Å². The smallest absolute Gasteiger partial charge is 0.404 e. The minimum absolute atomic E-state index is 0.0794. The Labute approximate surface area is 152 Å². The van der Waals surface area contributed by atoms with Gasteiger partial charge in [0.15, 0.2) is 0 Å². The highest BCUT2D eigenvalue weighted by Gasteiger charge is 2.13. The Bertz CT molecular complexity index is 1060. The van der Waals surface area contributed by atoms with E-state index in [0.29, 0.717) is 10.9 Å². The lowest BCUT2D eigenvalue weighted by Gasteiger charge is -2.12. The second kappa shape index (κ2) is 7.65. The van der Waals surface area contributed by atoms with Crippen LogP contribution in [0.2, 0.25) is 0 Å². The molecule has 2 aromatic carbocycles. The highest BCUT2D eigenvalue weighted by molar-refractivity contribution is 5.87. The monoisotopic (exact) mass is 370 g/mol. The van der Waals surface area contributed by atoms with E-state index in [0.717, 1.165) is 4.79 Å². The van der Waals surface area contributed by atoms with Gasteiger partial charge in [0.25, 0.3) is 5.56 Å². The molecule has 0 atom stereocenters. The number of halogens is 1. The lowest BCUT2D eigenvalue weighted by molar-refractivity contribution is -0.116. The van der Waals surface area contributed by atoms with E-state index >= 15 is 0 Å². The van der Waals surface area contributed by atoms with E-state index in [4.69, 9.17) is 5.11 Å².